The van der Waals surface area contributed by atoms with Crippen LogP contribution < -0.4 is 21.2 Å². The van der Waals surface area contributed by atoms with Crippen molar-refractivity contribution < 1.29 is 25.7 Å². The predicted octanol–water partition coefficient (Wildman–Crippen LogP) is -0.0131. The van der Waals surface area contributed by atoms with Crippen molar-refractivity contribution in [3.8, 4) is 0 Å². The number of aliphatic imine (C=N–C) groups is 1. The number of hydrogen-bond acceptors (Lipinski definition) is 4. The van der Waals surface area contributed by atoms with Gasteiger partial charge in [0.2, 0.25) is 0 Å². The average Bonchev–Trinajstić information content (AvgIpc) is 2.77. The molecule has 0 aliphatic rings. The summed E-state index contributed by atoms with van der Waals surface area (Å²) in [6.07, 6.45) is 7.25. The van der Waals surface area contributed by atoms with Crippen LogP contribution in [0.1, 0.15) is 12.5 Å². The second-order valence-corrected chi connectivity index (χ2v) is 6.47. The molecule has 1 aromatic rings. The maximum atomic E-state index is 4.79. The quantitative estimate of drug-likeness (QED) is 0.441. The molecule has 5 heteroatoms. The summed E-state index contributed by atoms with van der Waals surface area (Å²) < 4.78 is 7.89. The fourth-order valence-corrected chi connectivity index (χ4v) is 3.14. The molecule has 0 spiro atoms. The first kappa shape index (κ1) is 12.5. The fraction of sp³-hybridized carbons (Fsp3) is 0.200. The van der Waals surface area contributed by atoms with Crippen molar-refractivity contribution in [3.63, 3.8) is 0 Å². The van der Waals surface area contributed by atoms with E-state index < -0.39 is 0 Å². The number of rotatable bonds is 4. The summed E-state index contributed by atoms with van der Waals surface area (Å²) in [6, 6.07) is 0. The first-order valence-electron chi connectivity index (χ1n) is 4.24. The number of nitrogens with zero attached hydrogens (tertiary/aromatic N) is 2. The van der Waals surface area contributed by atoms with Crippen LogP contribution in [0.5, 0.6) is 0 Å². The van der Waals surface area contributed by atoms with Gasteiger partial charge < -0.3 is 0 Å². The van der Waals surface area contributed by atoms with Crippen LogP contribution in [-0.4, -0.2) is 14.5 Å². The Morgan fingerprint density at radius 3 is 3.00 bits per heavy atom. The number of halogens is 1. The van der Waals surface area contributed by atoms with E-state index in [0.717, 1.165) is 14.3 Å². The normalized spacial score (nSPS) is 13.2. The van der Waals surface area contributed by atoms with E-state index in [1.54, 1.807) is 24.2 Å². The Kier molecular flexibility index (Phi) is 5.70. The van der Waals surface area contributed by atoms with Crippen LogP contribution in [0.25, 0.3) is 5.70 Å². The Morgan fingerprint density at radius 2 is 2.53 bits per heavy atom. The van der Waals surface area contributed by atoms with Gasteiger partial charge in [0.15, 0.2) is 0 Å². The number of hydrogen-bond donors (Lipinski definition) is 0. The first-order valence-corrected chi connectivity index (χ1v) is 7.79. The van der Waals surface area contributed by atoms with Crippen molar-refractivity contribution in [1.82, 2.24) is 5.16 Å². The van der Waals surface area contributed by atoms with Crippen molar-refractivity contribution in [3.05, 3.63) is 34.8 Å². The predicted molar refractivity (Wildman–Crippen MR) is 61.3 cm³/mol. The number of thioether (sulfide) groups is 1. The van der Waals surface area contributed by atoms with Crippen LogP contribution in [0.4, 0.5) is 0 Å². The third-order valence-electron chi connectivity index (χ3n) is 1.55. The summed E-state index contributed by atoms with van der Waals surface area (Å²) in [7, 11) is 0. The summed E-state index contributed by atoms with van der Waals surface area (Å²) in [4.78, 5) is 4.56. The van der Waals surface area contributed by atoms with Crippen molar-refractivity contribution >= 4 is 20.5 Å². The Hall–Kier alpha value is -0.560. The van der Waals surface area contributed by atoms with Gasteiger partial charge in [-0.25, -0.2) is 0 Å². The molecule has 0 N–H and O–H groups in total. The van der Waals surface area contributed by atoms with Gasteiger partial charge in [-0.1, -0.05) is 0 Å². The second kappa shape index (κ2) is 6.84. The van der Waals surface area contributed by atoms with E-state index in [1.165, 1.54) is 0 Å². The average molecular weight is 335 g/mol. The Morgan fingerprint density at radius 1 is 1.73 bits per heavy atom. The molecule has 0 aromatic carbocycles. The van der Waals surface area contributed by atoms with E-state index in [-0.39, 0.29) is 21.2 Å². The van der Waals surface area contributed by atoms with Gasteiger partial charge in [-0.2, -0.15) is 0 Å². The van der Waals surface area contributed by atoms with Gasteiger partial charge in [-0.15, -0.1) is 0 Å². The molecule has 3 nitrogen and oxygen atoms in total. The van der Waals surface area contributed by atoms with Crippen LogP contribution in [0.3, 0.4) is 0 Å². The molecular weight excluding hydrogens is 323 g/mol. The van der Waals surface area contributed by atoms with Crippen LogP contribution >= 0.6 is 11.8 Å². The zero-order valence-electron chi connectivity index (χ0n) is 8.61. The Balaban J connectivity index is 2.89. The molecule has 0 saturated carbocycles. The van der Waals surface area contributed by atoms with Gasteiger partial charge in [-0.3, -0.25) is 0 Å². The summed E-state index contributed by atoms with van der Waals surface area (Å²) in [6.45, 7) is 5.70. The van der Waals surface area contributed by atoms with E-state index in [2.05, 4.69) is 16.7 Å². The van der Waals surface area contributed by atoms with Gasteiger partial charge in [0.25, 0.3) is 0 Å². The Bertz CT molecular complexity index is 371. The molecule has 1 heterocycles. The van der Waals surface area contributed by atoms with Crippen LogP contribution in [0.15, 0.2) is 38.7 Å². The monoisotopic (exact) mass is 335 g/mol. The zero-order valence-corrected chi connectivity index (χ0v) is 11.6. The van der Waals surface area contributed by atoms with E-state index in [0.29, 0.717) is 0 Å². The van der Waals surface area contributed by atoms with Gasteiger partial charge in [0, 0.05) is 0 Å². The summed E-state index contributed by atoms with van der Waals surface area (Å²) in [5.74, 6) is 0. The van der Waals surface area contributed by atoms with E-state index in [1.807, 2.05) is 23.3 Å². The first-order chi connectivity index (χ1) is 7.31. The molecule has 0 aliphatic heterocycles. The molecule has 1 aromatic heterocycles. The van der Waals surface area contributed by atoms with Crippen LogP contribution in [0.2, 0.25) is 0 Å². The third-order valence-corrected chi connectivity index (χ3v) is 5.11. The van der Waals surface area contributed by atoms with Gasteiger partial charge in [0.1, 0.15) is 0 Å². The third kappa shape index (κ3) is 3.83. The van der Waals surface area contributed by atoms with Gasteiger partial charge >= 0.3 is 104 Å². The van der Waals surface area contributed by atoms with Gasteiger partial charge in [-0.05, 0) is 0 Å². The molecule has 0 aliphatic carbocycles. The molecule has 0 radical (unpaired) electrons. The van der Waals surface area contributed by atoms with Crippen molar-refractivity contribution in [2.45, 2.75) is 6.92 Å². The molecule has 15 heavy (non-hydrogen) atoms. The van der Waals surface area contributed by atoms with E-state index in [9.17, 15) is 0 Å². The van der Waals surface area contributed by atoms with E-state index >= 15 is 0 Å². The molecule has 1 rings (SSSR count). The maximum absolute atomic E-state index is 4.79. The SMILES string of the molecule is C=C[I-]C(=N/C(=C\C)c1cnoc1)SC. The second-order valence-electron chi connectivity index (χ2n) is 2.42. The minimum absolute atomic E-state index is 0.170. The van der Waals surface area contributed by atoms with Crippen molar-refractivity contribution in [1.29, 1.82) is 0 Å². The summed E-state index contributed by atoms with van der Waals surface area (Å²) in [5, 5.41) is 3.67. The Labute approximate surface area is 104 Å². The van der Waals surface area contributed by atoms with Crippen molar-refractivity contribution in [2.24, 2.45) is 4.99 Å². The molecule has 0 saturated heterocycles. The molecule has 0 amide bonds. The number of aromatic nitrogens is 1. The molecule has 0 atom stereocenters. The van der Waals surface area contributed by atoms with Gasteiger partial charge in [0.05, 0.1) is 0 Å². The van der Waals surface area contributed by atoms with E-state index in [4.69, 9.17) is 4.52 Å². The standard InChI is InChI=1S/C10H12IN2OS/c1-4-9(8-6-12-14-7-8)13-10(15-3)11-5-2/h4-7H,2H2,1,3H3/q-1/b9-4-,13-10?. The van der Waals surface area contributed by atoms with Crippen LogP contribution in [0, 0.1) is 0 Å². The molecule has 82 valence electrons. The van der Waals surface area contributed by atoms with Crippen LogP contribution in [-0.2, 0) is 0 Å². The summed E-state index contributed by atoms with van der Waals surface area (Å²) >= 11 is 1.50. The molecule has 0 fully saturated rings. The fourth-order valence-electron chi connectivity index (χ4n) is 0.902. The topological polar surface area (TPSA) is 38.4 Å². The summed E-state index contributed by atoms with van der Waals surface area (Å²) in [5.41, 5.74) is 1.82. The molecule has 0 unspecified atom stereocenters. The zero-order chi connectivity index (χ0) is 11.1. The molecule has 0 bridgehead atoms. The van der Waals surface area contributed by atoms with Crippen molar-refractivity contribution in [2.75, 3.05) is 6.26 Å². The minimum atomic E-state index is -0.170. The number of allylic oxidation sites excluding steroid dienone is 1. The molecular formula is C10H12IN2OS-.